The molecule has 1 heterocycles. The Labute approximate surface area is 91.5 Å². The molecule has 0 fully saturated rings. The fourth-order valence-corrected chi connectivity index (χ4v) is 1.49. The number of aliphatic hydroxyl groups excluding tert-OH is 1. The lowest BCUT2D eigenvalue weighted by molar-refractivity contribution is 0.197. The molecule has 0 aliphatic carbocycles. The number of nitrogens with zero attached hydrogens (tertiary/aromatic N) is 3. The number of aromatic nitrogens is 2. The molecule has 0 saturated heterocycles. The van der Waals surface area contributed by atoms with Gasteiger partial charge in [0.25, 0.3) is 0 Å². The van der Waals surface area contributed by atoms with Gasteiger partial charge in [-0.3, -0.25) is 9.58 Å². The van der Waals surface area contributed by atoms with E-state index in [2.05, 4.69) is 37.0 Å². The Bertz CT molecular complexity index is 283. The van der Waals surface area contributed by atoms with Crippen LogP contribution in [0.1, 0.15) is 32.4 Å². The van der Waals surface area contributed by atoms with Gasteiger partial charge >= 0.3 is 0 Å². The average Bonchev–Trinajstić information content (AvgIpc) is 2.65. The predicted octanol–water partition coefficient (Wildman–Crippen LogP) is 1.28. The third-order valence-corrected chi connectivity index (χ3v) is 2.45. The van der Waals surface area contributed by atoms with E-state index in [0.717, 1.165) is 19.6 Å². The van der Waals surface area contributed by atoms with Crippen LogP contribution in [0.2, 0.25) is 0 Å². The Kier molecular flexibility index (Phi) is 4.78. The van der Waals surface area contributed by atoms with Crippen molar-refractivity contribution in [3.8, 4) is 0 Å². The number of hydrogen-bond acceptors (Lipinski definition) is 3. The maximum atomic E-state index is 8.88. The molecule has 0 saturated carbocycles. The lowest BCUT2D eigenvalue weighted by Gasteiger charge is -2.17. The van der Waals surface area contributed by atoms with Gasteiger partial charge in [-0.1, -0.05) is 6.92 Å². The molecule has 1 aromatic rings. The first-order valence-corrected chi connectivity index (χ1v) is 5.53. The van der Waals surface area contributed by atoms with E-state index >= 15 is 0 Å². The molecule has 0 radical (unpaired) electrons. The van der Waals surface area contributed by atoms with E-state index in [9.17, 15) is 0 Å². The molecule has 0 unspecified atom stereocenters. The van der Waals surface area contributed by atoms with Crippen LogP contribution in [0.4, 0.5) is 0 Å². The molecule has 86 valence electrons. The molecule has 0 atom stereocenters. The van der Waals surface area contributed by atoms with Crippen LogP contribution in [-0.4, -0.2) is 39.5 Å². The molecule has 15 heavy (non-hydrogen) atoms. The highest BCUT2D eigenvalue weighted by Gasteiger charge is 2.06. The smallest absolute Gasteiger partial charge is 0.0558 e. The van der Waals surface area contributed by atoms with E-state index in [4.69, 9.17) is 5.11 Å². The standard InChI is InChI=1S/C11H21N3O/c1-4-13(5-6-15)8-11-7-12-14(9-11)10(2)3/h7,9-10,15H,4-6,8H2,1-3H3. The topological polar surface area (TPSA) is 41.3 Å². The summed E-state index contributed by atoms with van der Waals surface area (Å²) >= 11 is 0. The van der Waals surface area contributed by atoms with E-state index in [1.807, 2.05) is 10.9 Å². The Morgan fingerprint density at radius 3 is 2.73 bits per heavy atom. The van der Waals surface area contributed by atoms with Crippen LogP contribution < -0.4 is 0 Å². The van der Waals surface area contributed by atoms with E-state index in [1.165, 1.54) is 5.56 Å². The lowest BCUT2D eigenvalue weighted by Crippen LogP contribution is -2.25. The van der Waals surface area contributed by atoms with Crippen LogP contribution >= 0.6 is 0 Å². The first-order chi connectivity index (χ1) is 7.17. The van der Waals surface area contributed by atoms with Crippen molar-refractivity contribution >= 4 is 0 Å². The molecule has 0 bridgehead atoms. The van der Waals surface area contributed by atoms with Crippen LogP contribution in [0.5, 0.6) is 0 Å². The van der Waals surface area contributed by atoms with Crippen molar-refractivity contribution in [3.05, 3.63) is 18.0 Å². The highest BCUT2D eigenvalue weighted by Crippen LogP contribution is 2.07. The zero-order valence-electron chi connectivity index (χ0n) is 9.85. The van der Waals surface area contributed by atoms with E-state index in [0.29, 0.717) is 6.04 Å². The molecule has 0 spiro atoms. The van der Waals surface area contributed by atoms with E-state index < -0.39 is 0 Å². The SMILES string of the molecule is CCN(CCO)Cc1cnn(C(C)C)c1. The van der Waals surface area contributed by atoms with Gasteiger partial charge < -0.3 is 5.11 Å². The molecule has 0 aromatic carbocycles. The molecule has 1 N–H and O–H groups in total. The summed E-state index contributed by atoms with van der Waals surface area (Å²) in [6.07, 6.45) is 3.98. The van der Waals surface area contributed by atoms with Crippen LogP contribution in [0.15, 0.2) is 12.4 Å². The second kappa shape index (κ2) is 5.88. The summed E-state index contributed by atoms with van der Waals surface area (Å²) in [5.41, 5.74) is 1.21. The van der Waals surface area contributed by atoms with Gasteiger partial charge in [0.1, 0.15) is 0 Å². The zero-order valence-corrected chi connectivity index (χ0v) is 9.85. The minimum absolute atomic E-state index is 0.214. The van der Waals surface area contributed by atoms with Gasteiger partial charge in [-0.2, -0.15) is 5.10 Å². The van der Waals surface area contributed by atoms with Crippen LogP contribution in [0, 0.1) is 0 Å². The maximum absolute atomic E-state index is 8.88. The second-order valence-corrected chi connectivity index (χ2v) is 4.01. The summed E-state index contributed by atoms with van der Waals surface area (Å²) in [7, 11) is 0. The van der Waals surface area contributed by atoms with Crippen molar-refractivity contribution in [2.75, 3.05) is 19.7 Å². The van der Waals surface area contributed by atoms with Gasteiger partial charge in [-0.15, -0.1) is 0 Å². The molecular weight excluding hydrogens is 190 g/mol. The summed E-state index contributed by atoms with van der Waals surface area (Å²) in [6, 6.07) is 0.409. The average molecular weight is 211 g/mol. The third kappa shape index (κ3) is 3.64. The Morgan fingerprint density at radius 1 is 1.53 bits per heavy atom. The highest BCUT2D eigenvalue weighted by atomic mass is 16.3. The van der Waals surface area contributed by atoms with Crippen LogP contribution in [0.25, 0.3) is 0 Å². The fraction of sp³-hybridized carbons (Fsp3) is 0.727. The molecule has 0 aliphatic rings. The van der Waals surface area contributed by atoms with Gasteiger partial charge in [0, 0.05) is 30.9 Å². The molecule has 4 heteroatoms. The summed E-state index contributed by atoms with van der Waals surface area (Å²) in [4.78, 5) is 2.20. The van der Waals surface area contributed by atoms with Crippen molar-refractivity contribution in [1.29, 1.82) is 0 Å². The fourth-order valence-electron chi connectivity index (χ4n) is 1.49. The normalized spacial score (nSPS) is 11.6. The van der Waals surface area contributed by atoms with Crippen LogP contribution in [0.3, 0.4) is 0 Å². The first-order valence-electron chi connectivity index (χ1n) is 5.53. The van der Waals surface area contributed by atoms with Crippen molar-refractivity contribution in [2.45, 2.75) is 33.4 Å². The number of rotatable bonds is 6. The molecule has 1 rings (SSSR count). The van der Waals surface area contributed by atoms with Gasteiger partial charge in [-0.05, 0) is 20.4 Å². The van der Waals surface area contributed by atoms with Crippen molar-refractivity contribution < 1.29 is 5.11 Å². The molecule has 0 aliphatic heterocycles. The number of likely N-dealkylation sites (N-methyl/N-ethyl adjacent to an activating group) is 1. The van der Waals surface area contributed by atoms with E-state index in [1.54, 1.807) is 0 Å². The minimum Gasteiger partial charge on any atom is -0.395 e. The molecule has 4 nitrogen and oxygen atoms in total. The summed E-state index contributed by atoms with van der Waals surface area (Å²) in [6.45, 7) is 9.08. The predicted molar refractivity (Wildman–Crippen MR) is 60.6 cm³/mol. The quantitative estimate of drug-likeness (QED) is 0.770. The summed E-state index contributed by atoms with van der Waals surface area (Å²) in [5.74, 6) is 0. The zero-order chi connectivity index (χ0) is 11.3. The number of hydrogen-bond donors (Lipinski definition) is 1. The van der Waals surface area contributed by atoms with Crippen molar-refractivity contribution in [1.82, 2.24) is 14.7 Å². The first kappa shape index (κ1) is 12.2. The Balaban J connectivity index is 2.55. The summed E-state index contributed by atoms with van der Waals surface area (Å²) in [5, 5.41) is 13.2. The Hall–Kier alpha value is -0.870. The summed E-state index contributed by atoms with van der Waals surface area (Å²) < 4.78 is 1.96. The largest absolute Gasteiger partial charge is 0.395 e. The third-order valence-electron chi connectivity index (χ3n) is 2.45. The Morgan fingerprint density at radius 2 is 2.27 bits per heavy atom. The second-order valence-electron chi connectivity index (χ2n) is 4.01. The van der Waals surface area contributed by atoms with Gasteiger partial charge in [0.2, 0.25) is 0 Å². The van der Waals surface area contributed by atoms with Gasteiger partial charge in [-0.25, -0.2) is 0 Å². The van der Waals surface area contributed by atoms with Crippen molar-refractivity contribution in [2.24, 2.45) is 0 Å². The minimum atomic E-state index is 0.214. The lowest BCUT2D eigenvalue weighted by atomic mass is 10.3. The molecule has 0 amide bonds. The van der Waals surface area contributed by atoms with Gasteiger partial charge in [0.05, 0.1) is 12.8 Å². The van der Waals surface area contributed by atoms with E-state index in [-0.39, 0.29) is 6.61 Å². The molecule has 1 aromatic heterocycles. The van der Waals surface area contributed by atoms with Gasteiger partial charge in [0.15, 0.2) is 0 Å². The molecular formula is C11H21N3O. The maximum Gasteiger partial charge on any atom is 0.0558 e. The number of aliphatic hydroxyl groups is 1. The monoisotopic (exact) mass is 211 g/mol. The van der Waals surface area contributed by atoms with Crippen LogP contribution in [-0.2, 0) is 6.54 Å². The highest BCUT2D eigenvalue weighted by molar-refractivity contribution is 5.04. The van der Waals surface area contributed by atoms with Crippen molar-refractivity contribution in [3.63, 3.8) is 0 Å².